The molecule has 0 saturated carbocycles. The Morgan fingerprint density at radius 1 is 1.03 bits per heavy atom. The fourth-order valence-corrected chi connectivity index (χ4v) is 3.26. The number of halogens is 1. The van der Waals surface area contributed by atoms with E-state index in [-0.39, 0.29) is 22.7 Å². The number of benzene rings is 2. The van der Waals surface area contributed by atoms with E-state index in [0.717, 1.165) is 5.56 Å². The van der Waals surface area contributed by atoms with E-state index in [9.17, 15) is 9.59 Å². The molecule has 0 bridgehead atoms. The molecule has 0 radical (unpaired) electrons. The molecule has 0 unspecified atom stereocenters. The van der Waals surface area contributed by atoms with E-state index < -0.39 is 11.4 Å². The second-order valence-corrected chi connectivity index (χ2v) is 7.03. The Morgan fingerprint density at radius 2 is 1.81 bits per heavy atom. The van der Waals surface area contributed by atoms with Gasteiger partial charge < -0.3 is 23.0 Å². The van der Waals surface area contributed by atoms with Crippen LogP contribution in [-0.2, 0) is 0 Å². The fourth-order valence-electron chi connectivity index (χ4n) is 3.10. The molecule has 0 fully saturated rings. The summed E-state index contributed by atoms with van der Waals surface area (Å²) in [4.78, 5) is 25.8. The van der Waals surface area contributed by atoms with Gasteiger partial charge in [-0.05, 0) is 55.0 Å². The average Bonchev–Trinajstić information content (AvgIpc) is 3.31. The number of carbonyl (C=O) groups excluding carboxylic acids is 1. The van der Waals surface area contributed by atoms with Crippen LogP contribution < -0.4 is 19.6 Å². The van der Waals surface area contributed by atoms with Crippen LogP contribution in [0, 0.1) is 6.92 Å². The summed E-state index contributed by atoms with van der Waals surface area (Å²) in [7, 11) is 3.00. The Labute approximate surface area is 181 Å². The van der Waals surface area contributed by atoms with Crippen LogP contribution in [0.1, 0.15) is 16.1 Å². The van der Waals surface area contributed by atoms with Gasteiger partial charge >= 0.3 is 5.97 Å². The van der Waals surface area contributed by atoms with Crippen molar-refractivity contribution < 1.29 is 27.8 Å². The van der Waals surface area contributed by atoms with Gasteiger partial charge in [-0.15, -0.1) is 0 Å². The molecule has 0 spiro atoms. The molecule has 31 heavy (non-hydrogen) atoms. The van der Waals surface area contributed by atoms with E-state index in [2.05, 4.69) is 0 Å². The van der Waals surface area contributed by atoms with Gasteiger partial charge in [0.25, 0.3) is 0 Å². The van der Waals surface area contributed by atoms with Gasteiger partial charge in [-0.1, -0.05) is 11.6 Å². The van der Waals surface area contributed by atoms with Gasteiger partial charge in [0.1, 0.15) is 5.58 Å². The first-order valence-electron chi connectivity index (χ1n) is 9.18. The van der Waals surface area contributed by atoms with Crippen molar-refractivity contribution in [1.82, 2.24) is 0 Å². The topological polar surface area (TPSA) is 88.1 Å². The van der Waals surface area contributed by atoms with Crippen molar-refractivity contribution in [2.24, 2.45) is 0 Å². The first kappa shape index (κ1) is 20.6. The van der Waals surface area contributed by atoms with Crippen molar-refractivity contribution >= 4 is 28.5 Å². The summed E-state index contributed by atoms with van der Waals surface area (Å²) in [5, 5.41) is 0.573. The van der Waals surface area contributed by atoms with Crippen molar-refractivity contribution in [1.29, 1.82) is 0 Å². The van der Waals surface area contributed by atoms with Crippen LogP contribution in [0.25, 0.3) is 22.3 Å². The monoisotopic (exact) mass is 440 g/mol. The quantitative estimate of drug-likeness (QED) is 0.391. The molecular formula is C23H17ClO7. The first-order valence-corrected chi connectivity index (χ1v) is 9.55. The lowest BCUT2D eigenvalue weighted by Crippen LogP contribution is -2.16. The number of esters is 1. The highest BCUT2D eigenvalue weighted by Gasteiger charge is 2.24. The molecule has 2 heterocycles. The van der Waals surface area contributed by atoms with Crippen LogP contribution in [0.3, 0.4) is 0 Å². The molecule has 0 N–H and O–H groups in total. The molecule has 7 nitrogen and oxygen atoms in total. The largest absolute Gasteiger partial charge is 0.493 e. The van der Waals surface area contributed by atoms with E-state index in [1.165, 1.54) is 38.7 Å². The van der Waals surface area contributed by atoms with Crippen molar-refractivity contribution in [3.63, 3.8) is 0 Å². The van der Waals surface area contributed by atoms with Gasteiger partial charge in [-0.25, -0.2) is 4.79 Å². The normalized spacial score (nSPS) is 10.8. The number of carbonyl (C=O) groups is 1. The molecule has 4 rings (SSSR count). The summed E-state index contributed by atoms with van der Waals surface area (Å²) >= 11 is 6.19. The molecule has 0 atom stereocenters. The maximum atomic E-state index is 13.3. The van der Waals surface area contributed by atoms with Crippen LogP contribution >= 0.6 is 11.6 Å². The highest BCUT2D eigenvalue weighted by atomic mass is 35.5. The van der Waals surface area contributed by atoms with E-state index in [1.807, 2.05) is 0 Å². The summed E-state index contributed by atoms with van der Waals surface area (Å²) in [5.41, 5.74) is 0.935. The minimum Gasteiger partial charge on any atom is -0.493 e. The second kappa shape index (κ2) is 8.20. The van der Waals surface area contributed by atoms with Gasteiger partial charge in [0.15, 0.2) is 17.3 Å². The van der Waals surface area contributed by atoms with E-state index in [4.69, 9.17) is 34.6 Å². The van der Waals surface area contributed by atoms with Crippen LogP contribution in [0.5, 0.6) is 17.2 Å². The number of hydrogen-bond donors (Lipinski definition) is 0. The van der Waals surface area contributed by atoms with Crippen LogP contribution in [0.2, 0.25) is 5.02 Å². The van der Waals surface area contributed by atoms with Crippen molar-refractivity contribution in [2.45, 2.75) is 6.92 Å². The predicted octanol–water partition coefficient (Wildman–Crippen LogP) is 5.25. The Bertz CT molecular complexity index is 1340. The molecule has 8 heteroatoms. The highest BCUT2D eigenvalue weighted by Crippen LogP contribution is 2.37. The molecule has 2 aromatic carbocycles. The summed E-state index contributed by atoms with van der Waals surface area (Å²) in [6, 6.07) is 11.1. The molecule has 0 saturated heterocycles. The standard InChI is InChI=1S/C23H17ClO7/c1-12-9-18-14(11-15(12)24)20(25)22(31-23(26)17-5-4-8-29-17)21(30-18)13-6-7-16(27-2)19(10-13)28-3/h4-11H,1-3H3. The number of fused-ring (bicyclic) bond motifs is 1. The Balaban J connectivity index is 1.97. The summed E-state index contributed by atoms with van der Waals surface area (Å²) in [5.74, 6) is -0.220. The van der Waals surface area contributed by atoms with E-state index >= 15 is 0 Å². The Morgan fingerprint density at radius 3 is 2.48 bits per heavy atom. The molecule has 2 aromatic heterocycles. The third-order valence-corrected chi connectivity index (χ3v) is 5.10. The number of aryl methyl sites for hydroxylation is 1. The highest BCUT2D eigenvalue weighted by molar-refractivity contribution is 6.32. The van der Waals surface area contributed by atoms with Crippen molar-refractivity contribution in [2.75, 3.05) is 14.2 Å². The van der Waals surface area contributed by atoms with Gasteiger partial charge in [-0.3, -0.25) is 4.79 Å². The van der Waals surface area contributed by atoms with E-state index in [0.29, 0.717) is 27.7 Å². The maximum Gasteiger partial charge on any atom is 0.379 e. The van der Waals surface area contributed by atoms with Gasteiger partial charge in [0.05, 0.1) is 25.9 Å². The third kappa shape index (κ3) is 3.75. The van der Waals surface area contributed by atoms with Crippen molar-refractivity contribution in [3.05, 3.63) is 75.3 Å². The minimum absolute atomic E-state index is 0.0556. The summed E-state index contributed by atoms with van der Waals surface area (Å²) in [6.45, 7) is 1.79. The predicted molar refractivity (Wildman–Crippen MR) is 114 cm³/mol. The maximum absolute atomic E-state index is 13.3. The zero-order valence-electron chi connectivity index (χ0n) is 16.9. The van der Waals surface area contributed by atoms with Gasteiger partial charge in [-0.2, -0.15) is 0 Å². The SMILES string of the molecule is COc1ccc(-c2oc3cc(C)c(Cl)cc3c(=O)c2OC(=O)c2ccco2)cc1OC. The first-order chi connectivity index (χ1) is 14.9. The molecule has 0 aliphatic heterocycles. The zero-order valence-corrected chi connectivity index (χ0v) is 17.6. The second-order valence-electron chi connectivity index (χ2n) is 6.62. The summed E-state index contributed by atoms with van der Waals surface area (Å²) in [6.07, 6.45) is 1.33. The number of methoxy groups -OCH3 is 2. The molecule has 158 valence electrons. The lowest BCUT2D eigenvalue weighted by atomic mass is 10.1. The minimum atomic E-state index is -0.836. The van der Waals surface area contributed by atoms with Crippen LogP contribution in [-0.4, -0.2) is 20.2 Å². The van der Waals surface area contributed by atoms with Crippen LogP contribution in [0.15, 0.2) is 62.4 Å². The lowest BCUT2D eigenvalue weighted by molar-refractivity contribution is 0.0698. The average molecular weight is 441 g/mol. The Kier molecular flexibility index (Phi) is 5.44. The zero-order chi connectivity index (χ0) is 22.1. The van der Waals surface area contributed by atoms with Crippen LogP contribution in [0.4, 0.5) is 0 Å². The van der Waals surface area contributed by atoms with Crippen molar-refractivity contribution in [3.8, 4) is 28.6 Å². The lowest BCUT2D eigenvalue weighted by Gasteiger charge is -2.13. The van der Waals surface area contributed by atoms with Gasteiger partial charge in [0, 0.05) is 10.6 Å². The summed E-state index contributed by atoms with van der Waals surface area (Å²) < 4.78 is 27.1. The molecule has 0 amide bonds. The molecule has 0 aliphatic rings. The fraction of sp³-hybridized carbons (Fsp3) is 0.130. The number of rotatable bonds is 5. The van der Waals surface area contributed by atoms with Gasteiger partial charge in [0.2, 0.25) is 16.9 Å². The number of hydrogen-bond acceptors (Lipinski definition) is 7. The number of ether oxygens (including phenoxy) is 3. The molecular weight excluding hydrogens is 424 g/mol. The molecule has 0 aliphatic carbocycles. The number of furan rings is 1. The smallest absolute Gasteiger partial charge is 0.379 e. The third-order valence-electron chi connectivity index (χ3n) is 4.69. The van der Waals surface area contributed by atoms with E-state index in [1.54, 1.807) is 31.2 Å². The Hall–Kier alpha value is -3.71. The molecule has 4 aromatic rings.